The van der Waals surface area contributed by atoms with Crippen molar-refractivity contribution in [2.24, 2.45) is 11.8 Å². The summed E-state index contributed by atoms with van der Waals surface area (Å²) < 4.78 is 0. The first kappa shape index (κ1) is 9.91. The maximum Gasteiger partial charge on any atom is 0.226 e. The van der Waals surface area contributed by atoms with Crippen LogP contribution in [0.5, 0.6) is 0 Å². The fourth-order valence-corrected chi connectivity index (χ4v) is 1.68. The lowest BCUT2D eigenvalue weighted by Crippen LogP contribution is -2.22. The van der Waals surface area contributed by atoms with Crippen molar-refractivity contribution in [1.29, 1.82) is 5.26 Å². The minimum absolute atomic E-state index is 0.427. The lowest BCUT2D eigenvalue weighted by Gasteiger charge is -2.16. The third-order valence-electron chi connectivity index (χ3n) is 2.88. The van der Waals surface area contributed by atoms with Gasteiger partial charge in [0.15, 0.2) is 0 Å². The number of hydrogen-bond donors (Lipinski definition) is 0. The van der Waals surface area contributed by atoms with E-state index in [0.717, 1.165) is 18.4 Å². The van der Waals surface area contributed by atoms with Gasteiger partial charge in [-0.05, 0) is 24.3 Å². The van der Waals surface area contributed by atoms with Gasteiger partial charge in [0.1, 0.15) is 11.8 Å². The van der Waals surface area contributed by atoms with Crippen LogP contribution in [0.2, 0.25) is 0 Å². The molecule has 1 aromatic rings. The SMILES string of the molecule is CC1CC1CN(C)c1nccc(C#N)n1. The second-order valence-corrected chi connectivity index (χ2v) is 4.21. The maximum atomic E-state index is 8.72. The summed E-state index contributed by atoms with van der Waals surface area (Å²) in [4.78, 5) is 10.3. The summed E-state index contributed by atoms with van der Waals surface area (Å²) in [5, 5.41) is 8.72. The molecule has 1 aromatic heterocycles. The Kier molecular flexibility index (Phi) is 2.55. The molecule has 4 nitrogen and oxygen atoms in total. The molecule has 0 amide bonds. The van der Waals surface area contributed by atoms with E-state index in [1.807, 2.05) is 18.0 Å². The number of nitrogens with zero attached hydrogens (tertiary/aromatic N) is 4. The number of hydrogen-bond acceptors (Lipinski definition) is 4. The Bertz CT molecular complexity index is 396. The van der Waals surface area contributed by atoms with E-state index < -0.39 is 0 Å². The van der Waals surface area contributed by atoms with Gasteiger partial charge in [0.25, 0.3) is 0 Å². The highest BCUT2D eigenvalue weighted by Gasteiger charge is 2.33. The highest BCUT2D eigenvalue weighted by atomic mass is 15.2. The predicted octanol–water partition coefficient (Wildman–Crippen LogP) is 1.44. The first-order chi connectivity index (χ1) is 7.20. The van der Waals surface area contributed by atoms with E-state index in [4.69, 9.17) is 5.26 Å². The maximum absolute atomic E-state index is 8.72. The number of rotatable bonds is 3. The average Bonchev–Trinajstić information content (AvgIpc) is 2.94. The van der Waals surface area contributed by atoms with E-state index in [2.05, 4.69) is 16.9 Å². The highest BCUT2D eigenvalue weighted by Crippen LogP contribution is 2.38. The van der Waals surface area contributed by atoms with Gasteiger partial charge >= 0.3 is 0 Å². The van der Waals surface area contributed by atoms with Crippen LogP contribution in [-0.4, -0.2) is 23.6 Å². The minimum atomic E-state index is 0.427. The van der Waals surface area contributed by atoms with Gasteiger partial charge in [-0.1, -0.05) is 6.92 Å². The van der Waals surface area contributed by atoms with Crippen molar-refractivity contribution in [2.75, 3.05) is 18.5 Å². The van der Waals surface area contributed by atoms with Crippen LogP contribution < -0.4 is 4.90 Å². The van der Waals surface area contributed by atoms with E-state index in [1.54, 1.807) is 12.3 Å². The predicted molar refractivity (Wildman–Crippen MR) is 57.3 cm³/mol. The number of nitriles is 1. The van der Waals surface area contributed by atoms with Gasteiger partial charge in [0.05, 0.1) is 0 Å². The molecule has 0 radical (unpaired) electrons. The van der Waals surface area contributed by atoms with Crippen LogP contribution in [0, 0.1) is 23.2 Å². The molecular formula is C11H14N4. The highest BCUT2D eigenvalue weighted by molar-refractivity contribution is 5.32. The molecule has 2 rings (SSSR count). The zero-order valence-electron chi connectivity index (χ0n) is 9.01. The van der Waals surface area contributed by atoms with E-state index in [0.29, 0.717) is 11.6 Å². The smallest absolute Gasteiger partial charge is 0.226 e. The largest absolute Gasteiger partial charge is 0.344 e. The monoisotopic (exact) mass is 202 g/mol. The zero-order chi connectivity index (χ0) is 10.8. The Morgan fingerprint density at radius 3 is 3.00 bits per heavy atom. The van der Waals surface area contributed by atoms with E-state index >= 15 is 0 Å². The molecule has 78 valence electrons. The van der Waals surface area contributed by atoms with Crippen molar-refractivity contribution in [3.05, 3.63) is 18.0 Å². The topological polar surface area (TPSA) is 52.8 Å². The van der Waals surface area contributed by atoms with Crippen molar-refractivity contribution in [2.45, 2.75) is 13.3 Å². The lowest BCUT2D eigenvalue weighted by molar-refractivity contribution is 0.711. The normalized spacial score (nSPS) is 23.3. The third kappa shape index (κ3) is 2.24. The molecule has 2 unspecified atom stereocenters. The molecule has 4 heteroatoms. The average molecular weight is 202 g/mol. The van der Waals surface area contributed by atoms with Crippen LogP contribution >= 0.6 is 0 Å². The van der Waals surface area contributed by atoms with Crippen molar-refractivity contribution in [3.63, 3.8) is 0 Å². The lowest BCUT2D eigenvalue weighted by atomic mass is 10.3. The molecule has 0 spiro atoms. The van der Waals surface area contributed by atoms with Crippen molar-refractivity contribution >= 4 is 5.95 Å². The molecule has 0 N–H and O–H groups in total. The van der Waals surface area contributed by atoms with Crippen LogP contribution in [0.15, 0.2) is 12.3 Å². The molecule has 0 bridgehead atoms. The van der Waals surface area contributed by atoms with Crippen molar-refractivity contribution < 1.29 is 0 Å². The minimum Gasteiger partial charge on any atom is -0.344 e. The summed E-state index contributed by atoms with van der Waals surface area (Å²) in [5.41, 5.74) is 0.427. The van der Waals surface area contributed by atoms with Crippen LogP contribution in [-0.2, 0) is 0 Å². The molecule has 1 aliphatic carbocycles. The first-order valence-electron chi connectivity index (χ1n) is 5.15. The molecular weight excluding hydrogens is 188 g/mol. The summed E-state index contributed by atoms with van der Waals surface area (Å²) in [5.74, 6) is 2.24. The second-order valence-electron chi connectivity index (χ2n) is 4.21. The molecule has 1 saturated carbocycles. The van der Waals surface area contributed by atoms with E-state index in [1.165, 1.54) is 6.42 Å². The molecule has 1 aliphatic rings. The van der Waals surface area contributed by atoms with Gasteiger partial charge in [-0.2, -0.15) is 5.26 Å². The second kappa shape index (κ2) is 3.85. The molecule has 1 heterocycles. The fourth-order valence-electron chi connectivity index (χ4n) is 1.68. The Morgan fingerprint density at radius 1 is 1.67 bits per heavy atom. The molecule has 2 atom stereocenters. The van der Waals surface area contributed by atoms with Crippen LogP contribution in [0.25, 0.3) is 0 Å². The fraction of sp³-hybridized carbons (Fsp3) is 0.545. The van der Waals surface area contributed by atoms with Crippen LogP contribution in [0.3, 0.4) is 0 Å². The number of aromatic nitrogens is 2. The summed E-state index contributed by atoms with van der Waals surface area (Å²) >= 11 is 0. The van der Waals surface area contributed by atoms with Crippen molar-refractivity contribution in [3.8, 4) is 6.07 Å². The molecule has 0 saturated heterocycles. The number of anilines is 1. The Labute approximate surface area is 89.6 Å². The van der Waals surface area contributed by atoms with Gasteiger partial charge in [0, 0.05) is 19.8 Å². The third-order valence-corrected chi connectivity index (χ3v) is 2.88. The Morgan fingerprint density at radius 2 is 2.40 bits per heavy atom. The molecule has 15 heavy (non-hydrogen) atoms. The van der Waals surface area contributed by atoms with Crippen LogP contribution in [0.1, 0.15) is 19.0 Å². The summed E-state index contributed by atoms with van der Waals surface area (Å²) in [6.07, 6.45) is 2.93. The Hall–Kier alpha value is -1.63. The van der Waals surface area contributed by atoms with Gasteiger partial charge in [-0.3, -0.25) is 0 Å². The standard InChI is InChI=1S/C11H14N4/c1-8-5-9(8)7-15(2)11-13-4-3-10(6-12)14-11/h3-4,8-9H,5,7H2,1-2H3. The molecule has 0 aromatic carbocycles. The van der Waals surface area contributed by atoms with Gasteiger partial charge in [0.2, 0.25) is 5.95 Å². The zero-order valence-corrected chi connectivity index (χ0v) is 9.01. The van der Waals surface area contributed by atoms with E-state index in [-0.39, 0.29) is 0 Å². The van der Waals surface area contributed by atoms with Gasteiger partial charge in [-0.25, -0.2) is 9.97 Å². The summed E-state index contributed by atoms with van der Waals surface area (Å²) in [6.45, 7) is 3.24. The van der Waals surface area contributed by atoms with Gasteiger partial charge < -0.3 is 4.90 Å². The van der Waals surface area contributed by atoms with Crippen LogP contribution in [0.4, 0.5) is 5.95 Å². The quantitative estimate of drug-likeness (QED) is 0.744. The molecule has 1 fully saturated rings. The summed E-state index contributed by atoms with van der Waals surface area (Å²) in [6, 6.07) is 3.64. The Balaban J connectivity index is 2.04. The van der Waals surface area contributed by atoms with Gasteiger partial charge in [-0.15, -0.1) is 0 Å². The van der Waals surface area contributed by atoms with Crippen molar-refractivity contribution in [1.82, 2.24) is 9.97 Å². The summed E-state index contributed by atoms with van der Waals surface area (Å²) in [7, 11) is 1.97. The van der Waals surface area contributed by atoms with E-state index in [9.17, 15) is 0 Å². The molecule has 0 aliphatic heterocycles. The first-order valence-corrected chi connectivity index (χ1v) is 5.15.